The van der Waals surface area contributed by atoms with Crippen LogP contribution in [0.3, 0.4) is 0 Å². The van der Waals surface area contributed by atoms with Crippen LogP contribution in [-0.2, 0) is 4.79 Å². The zero-order chi connectivity index (χ0) is 10.4. The van der Waals surface area contributed by atoms with Crippen LogP contribution in [0.5, 0.6) is 0 Å². The van der Waals surface area contributed by atoms with Crippen LogP contribution in [0, 0.1) is 5.92 Å². The fraction of sp³-hybridized carbons (Fsp3) is 0.500. The van der Waals surface area contributed by atoms with Crippen molar-refractivity contribution in [3.63, 3.8) is 0 Å². The van der Waals surface area contributed by atoms with Gasteiger partial charge in [-0.05, 0) is 26.2 Å². The van der Waals surface area contributed by atoms with Gasteiger partial charge in [0.1, 0.15) is 0 Å². The van der Waals surface area contributed by atoms with Gasteiger partial charge in [0, 0.05) is 5.57 Å². The van der Waals surface area contributed by atoms with E-state index in [0.717, 1.165) is 6.42 Å². The molecule has 74 valence electrons. The highest BCUT2D eigenvalue weighted by Crippen LogP contribution is 2.17. The molecule has 0 aromatic rings. The Morgan fingerprint density at radius 1 is 1.69 bits per heavy atom. The topological polar surface area (TPSA) is 49.3 Å². The van der Waals surface area contributed by atoms with Crippen molar-refractivity contribution in [3.05, 3.63) is 23.8 Å². The second-order valence-electron chi connectivity index (χ2n) is 3.21. The van der Waals surface area contributed by atoms with Crippen LogP contribution in [0.1, 0.15) is 27.2 Å². The van der Waals surface area contributed by atoms with Gasteiger partial charge in [0.25, 0.3) is 5.91 Å². The maximum atomic E-state index is 10.9. The summed E-state index contributed by atoms with van der Waals surface area (Å²) in [5.74, 6) is -0.445. The first kappa shape index (κ1) is 11.9. The summed E-state index contributed by atoms with van der Waals surface area (Å²) in [6, 6.07) is 0. The number of hydroxylamine groups is 1. The molecule has 0 aromatic heterocycles. The predicted molar refractivity (Wildman–Crippen MR) is 52.3 cm³/mol. The second kappa shape index (κ2) is 5.54. The van der Waals surface area contributed by atoms with Crippen molar-refractivity contribution in [1.82, 2.24) is 5.48 Å². The Hall–Kier alpha value is -1.09. The lowest BCUT2D eigenvalue weighted by Crippen LogP contribution is -2.23. The molecule has 0 radical (unpaired) electrons. The van der Waals surface area contributed by atoms with Crippen LogP contribution < -0.4 is 5.48 Å². The third kappa shape index (κ3) is 3.90. The maximum absolute atomic E-state index is 10.9. The van der Waals surface area contributed by atoms with Crippen molar-refractivity contribution in [3.8, 4) is 0 Å². The Morgan fingerprint density at radius 2 is 2.23 bits per heavy atom. The highest BCUT2D eigenvalue weighted by Gasteiger charge is 2.13. The zero-order valence-corrected chi connectivity index (χ0v) is 8.42. The van der Waals surface area contributed by atoms with Crippen LogP contribution in [0.2, 0.25) is 0 Å². The summed E-state index contributed by atoms with van der Waals surface area (Å²) in [5.41, 5.74) is 3.19. The van der Waals surface area contributed by atoms with Gasteiger partial charge in [-0.15, -0.1) is 0 Å². The number of nitrogens with one attached hydrogen (secondary N) is 1. The van der Waals surface area contributed by atoms with Crippen molar-refractivity contribution in [2.75, 3.05) is 0 Å². The van der Waals surface area contributed by atoms with E-state index < -0.39 is 5.91 Å². The van der Waals surface area contributed by atoms with E-state index in [-0.39, 0.29) is 5.92 Å². The molecule has 0 rings (SSSR count). The van der Waals surface area contributed by atoms with Gasteiger partial charge in [-0.25, -0.2) is 5.48 Å². The second-order valence-corrected chi connectivity index (χ2v) is 3.21. The summed E-state index contributed by atoms with van der Waals surface area (Å²) in [6.07, 6.45) is 2.80. The molecule has 1 atom stereocenters. The smallest absolute Gasteiger partial charge is 0.270 e. The highest BCUT2D eigenvalue weighted by atomic mass is 16.5. The van der Waals surface area contributed by atoms with Gasteiger partial charge in [-0.2, -0.15) is 0 Å². The van der Waals surface area contributed by atoms with E-state index in [4.69, 9.17) is 5.21 Å². The Labute approximate surface area is 79.1 Å². The standard InChI is InChI=1S/C10H17NO2/c1-5-7(2)6-8(3)9(4)10(12)11-13/h5,8,13H,4,6H2,1-3H3,(H,11,12)/b7-5-. The van der Waals surface area contributed by atoms with Crippen molar-refractivity contribution >= 4 is 5.91 Å². The molecule has 13 heavy (non-hydrogen) atoms. The lowest BCUT2D eigenvalue weighted by atomic mass is 9.94. The Morgan fingerprint density at radius 3 is 2.62 bits per heavy atom. The van der Waals surface area contributed by atoms with E-state index in [0.29, 0.717) is 5.57 Å². The van der Waals surface area contributed by atoms with E-state index >= 15 is 0 Å². The van der Waals surface area contributed by atoms with Crippen LogP contribution in [0.25, 0.3) is 0 Å². The number of carbonyl (C=O) groups excluding carboxylic acids is 1. The van der Waals surface area contributed by atoms with Gasteiger partial charge >= 0.3 is 0 Å². The molecule has 3 nitrogen and oxygen atoms in total. The summed E-state index contributed by atoms with van der Waals surface area (Å²) in [4.78, 5) is 10.9. The SMILES string of the molecule is C=C(C(=O)NO)C(C)C/C(C)=C\C. The average molecular weight is 183 g/mol. The van der Waals surface area contributed by atoms with Crippen LogP contribution in [0.15, 0.2) is 23.8 Å². The van der Waals surface area contributed by atoms with E-state index in [1.54, 1.807) is 5.48 Å². The number of carbonyl (C=O) groups is 1. The fourth-order valence-corrected chi connectivity index (χ4v) is 1.02. The summed E-state index contributed by atoms with van der Waals surface area (Å²) >= 11 is 0. The molecule has 1 amide bonds. The quantitative estimate of drug-likeness (QED) is 0.303. The molecule has 0 aliphatic carbocycles. The molecule has 0 heterocycles. The summed E-state index contributed by atoms with van der Waals surface area (Å²) in [7, 11) is 0. The van der Waals surface area contributed by atoms with Crippen molar-refractivity contribution in [1.29, 1.82) is 0 Å². The molecular weight excluding hydrogens is 166 g/mol. The largest absolute Gasteiger partial charge is 0.288 e. The number of rotatable bonds is 4. The minimum atomic E-state index is -0.503. The van der Waals surface area contributed by atoms with Gasteiger partial charge in [0.2, 0.25) is 0 Å². The lowest BCUT2D eigenvalue weighted by molar-refractivity contribution is -0.125. The van der Waals surface area contributed by atoms with Crippen LogP contribution in [0.4, 0.5) is 0 Å². The first-order chi connectivity index (χ1) is 6.02. The maximum Gasteiger partial charge on any atom is 0.270 e. The first-order valence-electron chi connectivity index (χ1n) is 4.28. The molecule has 0 fully saturated rings. The Bertz CT molecular complexity index is 231. The van der Waals surface area contributed by atoms with E-state index in [1.165, 1.54) is 5.57 Å². The zero-order valence-electron chi connectivity index (χ0n) is 8.42. The van der Waals surface area contributed by atoms with Crippen LogP contribution in [-0.4, -0.2) is 11.1 Å². The molecular formula is C10H17NO2. The van der Waals surface area contributed by atoms with Crippen molar-refractivity contribution in [2.24, 2.45) is 5.92 Å². The van der Waals surface area contributed by atoms with Crippen molar-refractivity contribution < 1.29 is 10.0 Å². The number of allylic oxidation sites excluding steroid dienone is 2. The van der Waals surface area contributed by atoms with Gasteiger partial charge in [-0.1, -0.05) is 25.2 Å². The summed E-state index contributed by atoms with van der Waals surface area (Å²) < 4.78 is 0. The first-order valence-corrected chi connectivity index (χ1v) is 4.28. The van der Waals surface area contributed by atoms with Crippen LogP contribution >= 0.6 is 0 Å². The molecule has 3 heteroatoms. The minimum Gasteiger partial charge on any atom is -0.288 e. The number of amides is 1. The third-order valence-corrected chi connectivity index (χ3v) is 2.11. The third-order valence-electron chi connectivity index (χ3n) is 2.11. The molecule has 0 aromatic carbocycles. The highest BCUT2D eigenvalue weighted by molar-refractivity contribution is 5.92. The van der Waals surface area contributed by atoms with E-state index in [1.807, 2.05) is 26.8 Å². The summed E-state index contributed by atoms with van der Waals surface area (Å²) in [6.45, 7) is 9.48. The van der Waals surface area contributed by atoms with Gasteiger partial charge in [0.15, 0.2) is 0 Å². The number of hydrogen-bond acceptors (Lipinski definition) is 2. The molecule has 0 saturated heterocycles. The van der Waals surface area contributed by atoms with Gasteiger partial charge in [-0.3, -0.25) is 10.0 Å². The molecule has 2 N–H and O–H groups in total. The molecule has 0 aliphatic heterocycles. The Balaban J connectivity index is 4.19. The molecule has 0 saturated carbocycles. The predicted octanol–water partition coefficient (Wildman–Crippen LogP) is 2.04. The lowest BCUT2D eigenvalue weighted by Gasteiger charge is -2.12. The molecule has 0 aliphatic rings. The number of hydrogen-bond donors (Lipinski definition) is 2. The Kier molecular flexibility index (Phi) is 5.07. The molecule has 1 unspecified atom stereocenters. The molecule has 0 bridgehead atoms. The van der Waals surface area contributed by atoms with E-state index in [9.17, 15) is 4.79 Å². The van der Waals surface area contributed by atoms with E-state index in [2.05, 4.69) is 6.58 Å². The monoisotopic (exact) mass is 183 g/mol. The van der Waals surface area contributed by atoms with Gasteiger partial charge in [0.05, 0.1) is 0 Å². The molecule has 0 spiro atoms. The van der Waals surface area contributed by atoms with Gasteiger partial charge < -0.3 is 0 Å². The normalized spacial score (nSPS) is 13.7. The fourth-order valence-electron chi connectivity index (χ4n) is 1.02. The minimum absolute atomic E-state index is 0.0587. The van der Waals surface area contributed by atoms with Crippen molar-refractivity contribution in [2.45, 2.75) is 27.2 Å². The summed E-state index contributed by atoms with van der Waals surface area (Å²) in [5, 5.41) is 8.37. The average Bonchev–Trinajstić information content (AvgIpc) is 2.14.